The monoisotopic (exact) mass is 397 g/mol. The van der Waals surface area contributed by atoms with E-state index in [9.17, 15) is 4.79 Å². The van der Waals surface area contributed by atoms with Crippen molar-refractivity contribution in [2.75, 3.05) is 13.2 Å². The lowest BCUT2D eigenvalue weighted by Gasteiger charge is -2.36. The number of nitrogens with zero attached hydrogens (tertiary/aromatic N) is 2. The molecule has 1 atom stereocenters. The Kier molecular flexibility index (Phi) is 4.71. The molecule has 0 radical (unpaired) electrons. The molecular formula is C25H23N3O2. The van der Waals surface area contributed by atoms with E-state index >= 15 is 0 Å². The molecule has 1 amide bonds. The molecule has 2 aromatic carbocycles. The van der Waals surface area contributed by atoms with Crippen molar-refractivity contribution in [1.82, 2.24) is 14.9 Å². The molecule has 3 heterocycles. The number of rotatable bonds is 4. The zero-order chi connectivity index (χ0) is 20.5. The Labute approximate surface area is 175 Å². The van der Waals surface area contributed by atoms with E-state index in [1.807, 2.05) is 36.1 Å². The highest BCUT2D eigenvalue weighted by molar-refractivity contribution is 5.95. The number of benzene rings is 2. The number of amides is 1. The lowest BCUT2D eigenvalue weighted by molar-refractivity contribution is 0.0691. The van der Waals surface area contributed by atoms with Gasteiger partial charge in [0.05, 0.1) is 12.6 Å². The molecule has 0 aliphatic carbocycles. The zero-order valence-electron chi connectivity index (χ0n) is 16.8. The second-order valence-electron chi connectivity index (χ2n) is 7.46. The number of H-pyrrole nitrogens is 1. The Morgan fingerprint density at radius 2 is 1.97 bits per heavy atom. The van der Waals surface area contributed by atoms with Crippen LogP contribution in [0.4, 0.5) is 0 Å². The molecule has 1 aliphatic rings. The van der Waals surface area contributed by atoms with E-state index in [0.29, 0.717) is 18.7 Å². The Balaban J connectivity index is 1.66. The van der Waals surface area contributed by atoms with E-state index in [0.717, 1.165) is 28.9 Å². The molecule has 1 unspecified atom stereocenters. The molecular weight excluding hydrogens is 374 g/mol. The van der Waals surface area contributed by atoms with Crippen LogP contribution in [0.25, 0.3) is 10.9 Å². The molecule has 0 spiro atoms. The minimum absolute atomic E-state index is 0.00789. The summed E-state index contributed by atoms with van der Waals surface area (Å²) in [5.74, 6) is 0.822. The smallest absolute Gasteiger partial charge is 0.254 e. The van der Waals surface area contributed by atoms with Crippen molar-refractivity contribution in [3.63, 3.8) is 0 Å². The molecule has 0 bridgehead atoms. The third kappa shape index (κ3) is 3.12. The third-order valence-electron chi connectivity index (χ3n) is 5.71. The van der Waals surface area contributed by atoms with Gasteiger partial charge in [0.1, 0.15) is 5.75 Å². The van der Waals surface area contributed by atoms with Gasteiger partial charge in [-0.1, -0.05) is 30.3 Å². The number of fused-ring (bicyclic) bond motifs is 3. The molecule has 150 valence electrons. The van der Waals surface area contributed by atoms with Gasteiger partial charge in [-0.15, -0.1) is 0 Å². The van der Waals surface area contributed by atoms with E-state index in [1.54, 1.807) is 24.5 Å². The first-order chi connectivity index (χ1) is 14.8. The van der Waals surface area contributed by atoms with Gasteiger partial charge in [0.2, 0.25) is 0 Å². The molecule has 1 aliphatic heterocycles. The van der Waals surface area contributed by atoms with Crippen LogP contribution >= 0.6 is 0 Å². The van der Waals surface area contributed by atoms with Crippen molar-refractivity contribution in [3.8, 4) is 5.75 Å². The van der Waals surface area contributed by atoms with Crippen LogP contribution in [0.5, 0.6) is 5.75 Å². The molecule has 5 rings (SSSR count). The Morgan fingerprint density at radius 1 is 1.13 bits per heavy atom. The molecule has 5 heteroatoms. The standard InChI is InChI=1S/C25H23N3O2/c1-2-30-19-7-5-6-18(16-19)24-23-21(20-8-3-4-9-22(20)27-23)12-15-28(24)25(29)17-10-13-26-14-11-17/h3-11,13-14,16,24,27H,2,12,15H2,1H3. The van der Waals surface area contributed by atoms with Gasteiger partial charge in [0.25, 0.3) is 5.91 Å². The first-order valence-corrected chi connectivity index (χ1v) is 10.3. The number of aromatic nitrogens is 2. The van der Waals surface area contributed by atoms with E-state index in [4.69, 9.17) is 4.74 Å². The number of aromatic amines is 1. The number of carbonyl (C=O) groups is 1. The Hall–Kier alpha value is -3.60. The number of para-hydroxylation sites is 1. The minimum Gasteiger partial charge on any atom is -0.494 e. The first-order valence-electron chi connectivity index (χ1n) is 10.3. The number of nitrogens with one attached hydrogen (secondary N) is 1. The Bertz CT molecular complexity index is 1200. The maximum absolute atomic E-state index is 13.5. The van der Waals surface area contributed by atoms with Gasteiger partial charge in [-0.3, -0.25) is 9.78 Å². The van der Waals surface area contributed by atoms with E-state index in [2.05, 4.69) is 34.2 Å². The van der Waals surface area contributed by atoms with Crippen molar-refractivity contribution in [3.05, 3.63) is 95.4 Å². The van der Waals surface area contributed by atoms with Gasteiger partial charge in [0.15, 0.2) is 0 Å². The van der Waals surface area contributed by atoms with Gasteiger partial charge >= 0.3 is 0 Å². The van der Waals surface area contributed by atoms with E-state index < -0.39 is 0 Å². The van der Waals surface area contributed by atoms with Crippen molar-refractivity contribution < 1.29 is 9.53 Å². The third-order valence-corrected chi connectivity index (χ3v) is 5.71. The van der Waals surface area contributed by atoms with Crippen molar-refractivity contribution in [2.45, 2.75) is 19.4 Å². The van der Waals surface area contributed by atoms with E-state index in [1.165, 1.54) is 10.9 Å². The molecule has 0 saturated heterocycles. The molecule has 0 fully saturated rings. The summed E-state index contributed by atoms with van der Waals surface area (Å²) in [5, 5.41) is 1.23. The van der Waals surface area contributed by atoms with Gasteiger partial charge in [-0.2, -0.15) is 0 Å². The average molecular weight is 397 g/mol. The average Bonchev–Trinajstić information content (AvgIpc) is 3.17. The van der Waals surface area contributed by atoms with Crippen LogP contribution in [-0.2, 0) is 6.42 Å². The summed E-state index contributed by atoms with van der Waals surface area (Å²) in [7, 11) is 0. The highest BCUT2D eigenvalue weighted by atomic mass is 16.5. The highest BCUT2D eigenvalue weighted by Gasteiger charge is 2.35. The normalized spacial score (nSPS) is 15.8. The number of carbonyl (C=O) groups excluding carboxylic acids is 1. The van der Waals surface area contributed by atoms with Crippen LogP contribution < -0.4 is 4.74 Å². The fourth-order valence-corrected chi connectivity index (χ4v) is 4.41. The predicted molar refractivity (Wildman–Crippen MR) is 117 cm³/mol. The summed E-state index contributed by atoms with van der Waals surface area (Å²) in [4.78, 5) is 23.1. The second kappa shape index (κ2) is 7.67. The van der Waals surface area contributed by atoms with Crippen molar-refractivity contribution in [2.24, 2.45) is 0 Å². The number of hydrogen-bond donors (Lipinski definition) is 1. The summed E-state index contributed by atoms with van der Waals surface area (Å²) in [6.07, 6.45) is 4.14. The minimum atomic E-state index is -0.206. The van der Waals surface area contributed by atoms with Crippen molar-refractivity contribution >= 4 is 16.8 Å². The number of pyridine rings is 1. The van der Waals surface area contributed by atoms with Crippen molar-refractivity contribution in [1.29, 1.82) is 0 Å². The lowest BCUT2D eigenvalue weighted by atomic mass is 9.91. The molecule has 2 aromatic heterocycles. The highest BCUT2D eigenvalue weighted by Crippen LogP contribution is 2.39. The fourth-order valence-electron chi connectivity index (χ4n) is 4.41. The molecule has 30 heavy (non-hydrogen) atoms. The molecule has 1 N–H and O–H groups in total. The summed E-state index contributed by atoms with van der Waals surface area (Å²) in [6, 6.07) is 19.8. The quantitative estimate of drug-likeness (QED) is 0.541. The molecule has 4 aromatic rings. The van der Waals surface area contributed by atoms with Crippen LogP contribution in [0.2, 0.25) is 0 Å². The van der Waals surface area contributed by atoms with Gasteiger partial charge in [-0.25, -0.2) is 0 Å². The van der Waals surface area contributed by atoms with Gasteiger partial charge in [0, 0.05) is 41.1 Å². The summed E-state index contributed by atoms with van der Waals surface area (Å²) in [6.45, 7) is 3.23. The number of ether oxygens (including phenoxy) is 1. The van der Waals surface area contributed by atoms with Crippen LogP contribution in [0, 0.1) is 0 Å². The summed E-state index contributed by atoms with van der Waals surface area (Å²) in [5.41, 5.74) is 5.16. The van der Waals surface area contributed by atoms with Gasteiger partial charge in [-0.05, 0) is 54.8 Å². The largest absolute Gasteiger partial charge is 0.494 e. The summed E-state index contributed by atoms with van der Waals surface area (Å²) < 4.78 is 5.74. The van der Waals surface area contributed by atoms with Gasteiger partial charge < -0.3 is 14.6 Å². The van der Waals surface area contributed by atoms with Crippen LogP contribution in [-0.4, -0.2) is 33.9 Å². The SMILES string of the molecule is CCOc1cccc(C2c3[nH]c4ccccc4c3CCN2C(=O)c2ccncc2)c1. The van der Waals surface area contributed by atoms with E-state index in [-0.39, 0.29) is 11.9 Å². The second-order valence-corrected chi connectivity index (χ2v) is 7.46. The van der Waals surface area contributed by atoms with Crippen LogP contribution in [0.3, 0.4) is 0 Å². The first kappa shape index (κ1) is 18.4. The lowest BCUT2D eigenvalue weighted by Crippen LogP contribution is -2.40. The molecule has 5 nitrogen and oxygen atoms in total. The zero-order valence-corrected chi connectivity index (χ0v) is 16.8. The van der Waals surface area contributed by atoms with Crippen LogP contribution in [0.1, 0.15) is 40.1 Å². The Morgan fingerprint density at radius 3 is 2.80 bits per heavy atom. The fraction of sp³-hybridized carbons (Fsp3) is 0.200. The maximum Gasteiger partial charge on any atom is 0.254 e. The van der Waals surface area contributed by atoms with Crippen LogP contribution in [0.15, 0.2) is 73.1 Å². The number of hydrogen-bond acceptors (Lipinski definition) is 3. The topological polar surface area (TPSA) is 58.2 Å². The maximum atomic E-state index is 13.5. The molecule has 0 saturated carbocycles. The predicted octanol–water partition coefficient (Wildman–Crippen LogP) is 4.75. The summed E-state index contributed by atoms with van der Waals surface area (Å²) >= 11 is 0.